The molecule has 2 aliphatic heterocycles. The molecule has 3 aromatic carbocycles. The normalized spacial score (nSPS) is 18.6. The smallest absolute Gasteiger partial charge is 0.142 e. The van der Waals surface area contributed by atoms with E-state index in [9.17, 15) is 0 Å². The molecule has 1 spiro atoms. The quantitative estimate of drug-likeness (QED) is 0.498. The van der Waals surface area contributed by atoms with E-state index in [1.165, 1.54) is 22.5 Å². The molecule has 0 fully saturated rings. The zero-order chi connectivity index (χ0) is 17.8. The van der Waals surface area contributed by atoms with Crippen LogP contribution in [0.2, 0.25) is 0 Å². The molecule has 3 aromatic rings. The van der Waals surface area contributed by atoms with E-state index in [0.29, 0.717) is 0 Å². The molecule has 0 aliphatic carbocycles. The van der Waals surface area contributed by atoms with Crippen LogP contribution in [-0.4, -0.2) is 5.60 Å². The summed E-state index contributed by atoms with van der Waals surface area (Å²) in [5.74, 6) is 0. The first kappa shape index (κ1) is 15.4. The number of benzene rings is 3. The number of anilines is 3. The molecule has 2 heterocycles. The van der Waals surface area contributed by atoms with Gasteiger partial charge in [0, 0.05) is 16.8 Å². The number of rotatable bonds is 1. The van der Waals surface area contributed by atoms with Crippen molar-refractivity contribution in [1.29, 1.82) is 0 Å². The Bertz CT molecular complexity index is 956. The fraction of sp³-hybridized carbons (Fsp3) is 0.167. The Morgan fingerprint density at radius 2 is 1.19 bits per heavy atom. The fourth-order valence-corrected chi connectivity index (χ4v) is 4.19. The molecular formula is C24H21NO. The van der Waals surface area contributed by atoms with Crippen LogP contribution < -0.4 is 4.90 Å². The molecule has 0 saturated carbocycles. The molecule has 0 saturated heterocycles. The van der Waals surface area contributed by atoms with Gasteiger partial charge in [-0.3, -0.25) is 0 Å². The van der Waals surface area contributed by atoms with E-state index >= 15 is 0 Å². The van der Waals surface area contributed by atoms with E-state index in [-0.39, 0.29) is 5.60 Å². The highest BCUT2D eigenvalue weighted by Crippen LogP contribution is 2.56. The monoisotopic (exact) mass is 339 g/mol. The molecule has 128 valence electrons. The average molecular weight is 339 g/mol. The van der Waals surface area contributed by atoms with Crippen molar-refractivity contribution in [3.8, 4) is 0 Å². The highest BCUT2D eigenvalue weighted by molar-refractivity contribution is 5.86. The number of ether oxygens (including phenoxy) is 1. The van der Waals surface area contributed by atoms with Gasteiger partial charge in [-0.25, -0.2) is 0 Å². The van der Waals surface area contributed by atoms with E-state index in [0.717, 1.165) is 5.69 Å². The lowest BCUT2D eigenvalue weighted by Crippen LogP contribution is -2.37. The predicted molar refractivity (Wildman–Crippen MR) is 106 cm³/mol. The first-order valence-electron chi connectivity index (χ1n) is 9.06. The Hall–Kier alpha value is -2.84. The Kier molecular flexibility index (Phi) is 3.16. The van der Waals surface area contributed by atoms with Crippen molar-refractivity contribution < 1.29 is 4.74 Å². The van der Waals surface area contributed by atoms with Gasteiger partial charge in [-0.05, 0) is 44.2 Å². The second-order valence-corrected chi connectivity index (χ2v) is 7.48. The van der Waals surface area contributed by atoms with Gasteiger partial charge in [0.25, 0.3) is 0 Å². The molecule has 26 heavy (non-hydrogen) atoms. The van der Waals surface area contributed by atoms with Crippen LogP contribution in [-0.2, 0) is 10.3 Å². The Balaban J connectivity index is 1.83. The number of para-hydroxylation sites is 3. The zero-order valence-corrected chi connectivity index (χ0v) is 15.0. The molecule has 2 heteroatoms. The summed E-state index contributed by atoms with van der Waals surface area (Å²) in [6.07, 6.45) is 4.41. The van der Waals surface area contributed by atoms with Crippen molar-refractivity contribution in [1.82, 2.24) is 0 Å². The lowest BCUT2D eigenvalue weighted by atomic mass is 9.80. The van der Waals surface area contributed by atoms with Gasteiger partial charge < -0.3 is 9.64 Å². The summed E-state index contributed by atoms with van der Waals surface area (Å²) in [7, 11) is 0. The van der Waals surface area contributed by atoms with E-state index in [1.807, 2.05) is 0 Å². The molecule has 2 aliphatic rings. The largest absolute Gasteiger partial charge is 0.351 e. The number of hydrogen-bond donors (Lipinski definition) is 0. The highest BCUT2D eigenvalue weighted by atomic mass is 16.5. The SMILES string of the molecule is CC1(C)C=CC2(O1)c1ccccc1N(c1ccccc1)c1ccccc12. The minimum Gasteiger partial charge on any atom is -0.351 e. The van der Waals surface area contributed by atoms with E-state index < -0.39 is 5.60 Å². The zero-order valence-electron chi connectivity index (χ0n) is 15.0. The van der Waals surface area contributed by atoms with Gasteiger partial charge in [0.15, 0.2) is 0 Å². The van der Waals surface area contributed by atoms with Crippen molar-refractivity contribution in [2.24, 2.45) is 0 Å². The van der Waals surface area contributed by atoms with E-state index in [4.69, 9.17) is 4.74 Å². The van der Waals surface area contributed by atoms with Crippen molar-refractivity contribution in [3.63, 3.8) is 0 Å². The topological polar surface area (TPSA) is 12.5 Å². The third-order valence-electron chi connectivity index (χ3n) is 5.25. The number of nitrogens with zero attached hydrogens (tertiary/aromatic N) is 1. The minimum atomic E-state index is -0.540. The first-order valence-corrected chi connectivity index (χ1v) is 9.06. The summed E-state index contributed by atoms with van der Waals surface area (Å²) in [4.78, 5) is 2.33. The maximum absolute atomic E-state index is 6.68. The van der Waals surface area contributed by atoms with Crippen molar-refractivity contribution >= 4 is 17.1 Å². The van der Waals surface area contributed by atoms with Crippen LogP contribution in [0, 0.1) is 0 Å². The molecule has 0 bridgehead atoms. The first-order chi connectivity index (χ1) is 12.6. The Morgan fingerprint density at radius 3 is 1.73 bits per heavy atom. The molecule has 0 atom stereocenters. The third kappa shape index (κ3) is 2.09. The van der Waals surface area contributed by atoms with Crippen molar-refractivity contribution in [3.05, 3.63) is 102 Å². The lowest BCUT2D eigenvalue weighted by molar-refractivity contribution is -0.0499. The van der Waals surface area contributed by atoms with E-state index in [1.54, 1.807) is 0 Å². The molecule has 0 aromatic heterocycles. The van der Waals surface area contributed by atoms with Crippen molar-refractivity contribution in [2.75, 3.05) is 4.90 Å². The van der Waals surface area contributed by atoms with Crippen molar-refractivity contribution in [2.45, 2.75) is 25.0 Å². The molecule has 0 unspecified atom stereocenters. The molecule has 2 nitrogen and oxygen atoms in total. The van der Waals surface area contributed by atoms with Gasteiger partial charge in [-0.15, -0.1) is 0 Å². The van der Waals surface area contributed by atoms with Crippen LogP contribution in [0.4, 0.5) is 17.1 Å². The molecule has 0 amide bonds. The van der Waals surface area contributed by atoms with Crippen LogP contribution in [0.1, 0.15) is 25.0 Å². The Morgan fingerprint density at radius 1 is 0.654 bits per heavy atom. The average Bonchev–Trinajstić information content (AvgIpc) is 3.00. The second kappa shape index (κ2) is 5.33. The van der Waals surface area contributed by atoms with Gasteiger partial charge in [-0.1, -0.05) is 60.7 Å². The highest BCUT2D eigenvalue weighted by Gasteiger charge is 2.48. The van der Waals surface area contributed by atoms with E-state index in [2.05, 4.69) is 110 Å². The molecule has 0 N–H and O–H groups in total. The number of fused-ring (bicyclic) bond motifs is 4. The fourth-order valence-electron chi connectivity index (χ4n) is 4.19. The standard InChI is InChI=1S/C24H21NO/c1-23(2)16-17-24(26-23)19-12-6-8-14-21(19)25(18-10-4-3-5-11-18)22-15-9-7-13-20(22)24/h3-17H,1-2H3. The molecular weight excluding hydrogens is 318 g/mol. The summed E-state index contributed by atoms with van der Waals surface area (Å²) in [5, 5.41) is 0. The Labute approximate surface area is 154 Å². The minimum absolute atomic E-state index is 0.296. The summed E-state index contributed by atoms with van der Waals surface area (Å²) in [6, 6.07) is 27.7. The third-order valence-corrected chi connectivity index (χ3v) is 5.25. The van der Waals surface area contributed by atoms with Gasteiger partial charge in [0.1, 0.15) is 5.60 Å². The van der Waals surface area contributed by atoms with Gasteiger partial charge >= 0.3 is 0 Å². The molecule has 5 rings (SSSR count). The predicted octanol–water partition coefficient (Wildman–Crippen LogP) is 6.08. The summed E-state index contributed by atoms with van der Waals surface area (Å²) >= 11 is 0. The maximum atomic E-state index is 6.68. The summed E-state index contributed by atoms with van der Waals surface area (Å²) < 4.78 is 6.68. The number of hydrogen-bond acceptors (Lipinski definition) is 2. The van der Waals surface area contributed by atoms with Gasteiger partial charge in [-0.2, -0.15) is 0 Å². The van der Waals surface area contributed by atoms with Gasteiger partial charge in [0.2, 0.25) is 0 Å². The van der Waals surface area contributed by atoms with Crippen LogP contribution in [0.15, 0.2) is 91.0 Å². The van der Waals surface area contributed by atoms with Crippen LogP contribution in [0.25, 0.3) is 0 Å². The van der Waals surface area contributed by atoms with Gasteiger partial charge in [0.05, 0.1) is 17.0 Å². The van der Waals surface area contributed by atoms with Crippen LogP contribution >= 0.6 is 0 Å². The second-order valence-electron chi connectivity index (χ2n) is 7.48. The van der Waals surface area contributed by atoms with Crippen LogP contribution in [0.3, 0.4) is 0 Å². The summed E-state index contributed by atoms with van der Waals surface area (Å²) in [5.41, 5.74) is 5.02. The lowest BCUT2D eigenvalue weighted by Gasteiger charge is -2.43. The van der Waals surface area contributed by atoms with Crippen LogP contribution in [0.5, 0.6) is 0 Å². The summed E-state index contributed by atoms with van der Waals surface area (Å²) in [6.45, 7) is 4.24. The maximum Gasteiger partial charge on any atom is 0.142 e. The molecule has 0 radical (unpaired) electrons.